The monoisotopic (exact) mass is 838 g/mol. The van der Waals surface area contributed by atoms with Gasteiger partial charge in [-0.15, -0.1) is 0 Å². The van der Waals surface area contributed by atoms with Crippen molar-refractivity contribution < 1.29 is 59.4 Å². The summed E-state index contributed by atoms with van der Waals surface area (Å²) in [4.78, 5) is 65.3. The fraction of sp³-hybridized carbons (Fsp3) is 0.632. The average molecular weight is 839 g/mol. The molecule has 2 unspecified atom stereocenters. The van der Waals surface area contributed by atoms with E-state index in [-0.39, 0.29) is 30.5 Å². The van der Waals surface area contributed by atoms with Crippen LogP contribution in [0.25, 0.3) is 11.0 Å². The number of para-hydroxylation sites is 2. The van der Waals surface area contributed by atoms with E-state index in [0.717, 1.165) is 11.0 Å². The second kappa shape index (κ2) is 14.9. The highest BCUT2D eigenvalue weighted by Gasteiger charge is 2.67. The van der Waals surface area contributed by atoms with Crippen LogP contribution >= 0.6 is 0 Å². The number of carbonyl (C=O) groups excluding carboxylic acids is 4. The fourth-order valence-electron chi connectivity index (χ4n) is 7.73. The van der Waals surface area contributed by atoms with Crippen molar-refractivity contribution >= 4 is 44.9 Å². The Labute approximate surface area is 332 Å². The predicted molar refractivity (Wildman–Crippen MR) is 197 cm³/mol. The van der Waals surface area contributed by atoms with E-state index in [4.69, 9.17) is 14.2 Å². The number of aromatic nitrogens is 2. The van der Waals surface area contributed by atoms with Crippen molar-refractivity contribution in [3.05, 3.63) is 42.1 Å². The molecule has 58 heavy (non-hydrogen) atoms. The van der Waals surface area contributed by atoms with Crippen LogP contribution in [0.5, 0.6) is 5.88 Å². The molecule has 3 heterocycles. The molecule has 7 rings (SSSR count). The van der Waals surface area contributed by atoms with E-state index in [1.807, 2.05) is 4.72 Å². The molecule has 1 saturated heterocycles. The number of hydrogen-bond acceptors (Lipinski definition) is 11. The fourth-order valence-corrected chi connectivity index (χ4v) is 9.04. The minimum Gasteiger partial charge on any atom is -0.471 e. The summed E-state index contributed by atoms with van der Waals surface area (Å²) in [6.45, 7) is 5.63. The molecule has 4 amide bonds. The largest absolute Gasteiger partial charge is 0.471 e. The Morgan fingerprint density at radius 2 is 1.71 bits per heavy atom. The van der Waals surface area contributed by atoms with Crippen LogP contribution < -0.4 is 20.1 Å². The summed E-state index contributed by atoms with van der Waals surface area (Å²) in [6, 6.07) is 3.27. The number of carbonyl (C=O) groups is 4. The molecule has 4 fully saturated rings. The average Bonchev–Trinajstić information content (AvgIpc) is 3.97. The van der Waals surface area contributed by atoms with Gasteiger partial charge in [-0.3, -0.25) is 19.1 Å². The van der Waals surface area contributed by atoms with Crippen LogP contribution in [0.2, 0.25) is 0 Å². The number of fused-ring (bicyclic) bond motifs is 5. The number of sulfonamides is 1. The van der Waals surface area contributed by atoms with Crippen molar-refractivity contribution in [1.82, 2.24) is 30.2 Å². The molecule has 15 nitrogen and oxygen atoms in total. The summed E-state index contributed by atoms with van der Waals surface area (Å²) in [5.41, 5.74) is -3.91. The molecule has 7 atom stereocenters. The van der Waals surface area contributed by atoms with Crippen LogP contribution in [0.3, 0.4) is 0 Å². The van der Waals surface area contributed by atoms with E-state index in [9.17, 15) is 36.4 Å². The molecule has 1 aromatic carbocycles. The van der Waals surface area contributed by atoms with Gasteiger partial charge in [0.05, 0.1) is 41.0 Å². The smallest absolute Gasteiger partial charge is 0.408 e. The SMILES string of the molecule is CC(C)(C)[C@@H]1NC(=O)O[C@@H]2CCCC2OC/C=C/C(F)(F)c2nc3ccccc3nc2O[C@@H]2C[C@@H](C(=O)N[C@]3(C(=O)NS(=O)(=O)C4(C)CC4)CC3C(F)F)N(C2)C1=O. The summed E-state index contributed by atoms with van der Waals surface area (Å²) < 4.78 is 105. The van der Waals surface area contributed by atoms with E-state index >= 15 is 8.78 Å². The van der Waals surface area contributed by atoms with E-state index < -0.39 is 129 Å². The Morgan fingerprint density at radius 1 is 1.03 bits per heavy atom. The number of hydrogen-bond donors (Lipinski definition) is 3. The predicted octanol–water partition coefficient (Wildman–Crippen LogP) is 3.86. The minimum atomic E-state index is -4.30. The quantitative estimate of drug-likeness (QED) is 0.283. The Hall–Kier alpha value is -4.59. The van der Waals surface area contributed by atoms with E-state index in [1.165, 1.54) is 19.1 Å². The van der Waals surface area contributed by atoms with Crippen molar-refractivity contribution in [2.24, 2.45) is 11.3 Å². The molecule has 316 valence electrons. The minimum absolute atomic E-state index is 0.130. The molecule has 20 heteroatoms. The van der Waals surface area contributed by atoms with Crippen molar-refractivity contribution in [3.63, 3.8) is 0 Å². The number of ether oxygens (including phenoxy) is 3. The van der Waals surface area contributed by atoms with Crippen molar-refractivity contribution in [2.75, 3.05) is 13.2 Å². The maximum Gasteiger partial charge on any atom is 0.408 e. The summed E-state index contributed by atoms with van der Waals surface area (Å²) in [5, 5.41) is 4.94. The summed E-state index contributed by atoms with van der Waals surface area (Å²) in [6.07, 6.45) is -4.10. The highest BCUT2D eigenvalue weighted by atomic mass is 32.2. The molecule has 2 aliphatic heterocycles. The van der Waals surface area contributed by atoms with Gasteiger partial charge in [0.2, 0.25) is 34.1 Å². The Kier molecular flexibility index (Phi) is 10.7. The number of amides is 4. The van der Waals surface area contributed by atoms with E-state index in [1.54, 1.807) is 32.9 Å². The molecule has 0 radical (unpaired) electrons. The Balaban J connectivity index is 1.26. The second-order valence-corrected chi connectivity index (χ2v) is 19.3. The normalized spacial score (nSPS) is 31.4. The maximum atomic E-state index is 16.1. The molecule has 1 aromatic heterocycles. The van der Waals surface area contributed by atoms with Crippen LogP contribution in [-0.2, 0) is 39.8 Å². The van der Waals surface area contributed by atoms with Gasteiger partial charge in [-0.25, -0.2) is 32.0 Å². The molecule has 3 aliphatic carbocycles. The third kappa shape index (κ3) is 8.05. The van der Waals surface area contributed by atoms with Crippen LogP contribution in [0.15, 0.2) is 36.4 Å². The number of nitrogens with one attached hydrogen (secondary N) is 3. The number of allylic oxidation sites excluding steroid dienone is 1. The lowest BCUT2D eigenvalue weighted by Crippen LogP contribution is -2.60. The van der Waals surface area contributed by atoms with Crippen molar-refractivity contribution in [3.8, 4) is 5.88 Å². The zero-order valence-corrected chi connectivity index (χ0v) is 33.1. The molecular formula is C38H46F4N6O9S. The van der Waals surface area contributed by atoms with Gasteiger partial charge in [-0.1, -0.05) is 39.0 Å². The standard InChI is InChI=1S/C38H46F4N6O9S/c1-35(2,3)28-32(50)48-19-20(17-24(48)30(49)46-37(18-21(37)29(39)40)33(51)47-58(53,54)36(4)14-15-36)56-31-27(43-22-9-5-6-10-23(22)44-31)38(41,42)13-8-16-55-25-11-7-12-26(25)57-34(52)45-28/h5-6,8-10,13,20-21,24-26,28-29H,7,11-12,14-19H2,1-4H3,(H,45,52)(H,46,49)(H,47,51)/b13-8+/t20-,21?,24+,25?,26-,28-,37-/m1/s1. The molecule has 5 aliphatic rings. The number of alkyl carbamates (subject to hydrolysis) is 1. The third-order valence-corrected chi connectivity index (χ3v) is 13.8. The highest BCUT2D eigenvalue weighted by molar-refractivity contribution is 7.91. The van der Waals surface area contributed by atoms with Gasteiger partial charge < -0.3 is 29.7 Å². The number of rotatable bonds is 6. The molecule has 2 aromatic rings. The first kappa shape index (κ1) is 41.6. The van der Waals surface area contributed by atoms with Gasteiger partial charge in [0.25, 0.3) is 5.91 Å². The van der Waals surface area contributed by atoms with Gasteiger partial charge in [0.1, 0.15) is 29.8 Å². The first-order chi connectivity index (χ1) is 27.1. The van der Waals surface area contributed by atoms with E-state index in [2.05, 4.69) is 20.6 Å². The van der Waals surface area contributed by atoms with Gasteiger partial charge >= 0.3 is 12.0 Å². The maximum absolute atomic E-state index is 16.1. The first-order valence-electron chi connectivity index (χ1n) is 19.2. The lowest BCUT2D eigenvalue weighted by atomic mass is 9.85. The first-order valence-corrected chi connectivity index (χ1v) is 20.7. The van der Waals surface area contributed by atoms with Gasteiger partial charge in [-0.05, 0) is 69.1 Å². The summed E-state index contributed by atoms with van der Waals surface area (Å²) >= 11 is 0. The lowest BCUT2D eigenvalue weighted by Gasteiger charge is -2.35. The van der Waals surface area contributed by atoms with Crippen LogP contribution in [0, 0.1) is 11.3 Å². The zero-order valence-electron chi connectivity index (χ0n) is 32.3. The van der Waals surface area contributed by atoms with E-state index in [0.29, 0.717) is 25.3 Å². The van der Waals surface area contributed by atoms with Crippen LogP contribution in [0.4, 0.5) is 22.4 Å². The van der Waals surface area contributed by atoms with Gasteiger partial charge in [0, 0.05) is 6.42 Å². The lowest BCUT2D eigenvalue weighted by molar-refractivity contribution is -0.143. The Bertz CT molecular complexity index is 2130. The van der Waals surface area contributed by atoms with Gasteiger partial charge in [-0.2, -0.15) is 8.78 Å². The van der Waals surface area contributed by atoms with Crippen molar-refractivity contribution in [1.29, 1.82) is 0 Å². The third-order valence-electron chi connectivity index (χ3n) is 11.6. The number of halogens is 4. The van der Waals surface area contributed by atoms with Crippen molar-refractivity contribution in [2.45, 2.75) is 126 Å². The second-order valence-electron chi connectivity index (χ2n) is 17.1. The van der Waals surface area contributed by atoms with Gasteiger partial charge in [0.15, 0.2) is 5.69 Å². The molecular weight excluding hydrogens is 793 g/mol. The number of nitrogens with zero attached hydrogens (tertiary/aromatic N) is 3. The molecule has 2 bridgehead atoms. The van der Waals surface area contributed by atoms with Crippen LogP contribution in [0.1, 0.15) is 78.3 Å². The number of benzene rings is 1. The summed E-state index contributed by atoms with van der Waals surface area (Å²) in [7, 11) is -4.30. The molecule has 3 saturated carbocycles. The zero-order chi connectivity index (χ0) is 42.0. The highest BCUT2D eigenvalue weighted by Crippen LogP contribution is 2.49. The van der Waals surface area contributed by atoms with Crippen LogP contribution in [-0.4, -0.2) is 107 Å². The molecule has 0 spiro atoms. The molecule has 3 N–H and O–H groups in total. The summed E-state index contributed by atoms with van der Waals surface area (Å²) in [5.74, 6) is -9.43. The topological polar surface area (TPSA) is 195 Å². The number of alkyl halides is 4. The Morgan fingerprint density at radius 3 is 2.34 bits per heavy atom.